The van der Waals surface area contributed by atoms with E-state index in [2.05, 4.69) is 25.9 Å². The molecular weight excluding hydrogens is 310 g/mol. The van der Waals surface area contributed by atoms with Gasteiger partial charge < -0.3 is 20.9 Å². The van der Waals surface area contributed by atoms with Crippen molar-refractivity contribution in [3.05, 3.63) is 48.0 Å². The molecule has 0 radical (unpaired) electrons. The fourth-order valence-electron chi connectivity index (χ4n) is 2.18. The van der Waals surface area contributed by atoms with Crippen molar-refractivity contribution in [1.29, 1.82) is 0 Å². The topological polar surface area (TPSA) is 116 Å². The van der Waals surface area contributed by atoms with Crippen LogP contribution in [0, 0.1) is 0 Å². The maximum atomic E-state index is 12.5. The number of hydrogen-bond donors (Lipinski definition) is 4. The van der Waals surface area contributed by atoms with Gasteiger partial charge in [0.1, 0.15) is 6.04 Å². The lowest BCUT2D eigenvalue weighted by Crippen LogP contribution is -2.44. The quantitative estimate of drug-likeness (QED) is 0.616. The largest absolute Gasteiger partial charge is 0.355 e. The first-order chi connectivity index (χ1) is 11.5. The number of aromatic amines is 1. The van der Waals surface area contributed by atoms with E-state index in [1.807, 2.05) is 0 Å². The molecule has 0 aliphatic heterocycles. The Hall–Kier alpha value is -3.16. The fraction of sp³-hybridized carbons (Fsp3) is 0.250. The van der Waals surface area contributed by atoms with Gasteiger partial charge >= 0.3 is 0 Å². The van der Waals surface area contributed by atoms with Gasteiger partial charge in [0.25, 0.3) is 5.91 Å². The summed E-state index contributed by atoms with van der Waals surface area (Å²) in [5, 5.41) is 7.84. The van der Waals surface area contributed by atoms with Crippen LogP contribution < -0.4 is 16.0 Å². The van der Waals surface area contributed by atoms with Crippen LogP contribution in [-0.2, 0) is 16.0 Å². The van der Waals surface area contributed by atoms with E-state index < -0.39 is 6.04 Å². The molecule has 0 unspecified atom stereocenters. The fourth-order valence-corrected chi connectivity index (χ4v) is 2.18. The number of nitrogens with one attached hydrogen (secondary N) is 4. The summed E-state index contributed by atoms with van der Waals surface area (Å²) < 4.78 is 0. The molecular formula is C16H19N5O3. The van der Waals surface area contributed by atoms with Crippen molar-refractivity contribution < 1.29 is 14.4 Å². The third-order valence-corrected chi connectivity index (χ3v) is 3.29. The Kier molecular flexibility index (Phi) is 5.67. The Morgan fingerprint density at radius 1 is 1.29 bits per heavy atom. The molecule has 1 aromatic heterocycles. The molecule has 0 aliphatic carbocycles. The molecule has 0 saturated carbocycles. The third-order valence-electron chi connectivity index (χ3n) is 3.29. The predicted octanol–water partition coefficient (Wildman–Crippen LogP) is 0.455. The van der Waals surface area contributed by atoms with Gasteiger partial charge in [-0.05, 0) is 18.2 Å². The highest BCUT2D eigenvalue weighted by Gasteiger charge is 2.21. The van der Waals surface area contributed by atoms with E-state index in [1.165, 1.54) is 20.3 Å². The number of carbonyl (C=O) groups is 3. The number of H-pyrrole nitrogens is 1. The molecule has 0 fully saturated rings. The summed E-state index contributed by atoms with van der Waals surface area (Å²) in [6.45, 7) is 1.35. The van der Waals surface area contributed by atoms with Gasteiger partial charge in [-0.15, -0.1) is 0 Å². The summed E-state index contributed by atoms with van der Waals surface area (Å²) >= 11 is 0. The lowest BCUT2D eigenvalue weighted by molar-refractivity contribution is -0.125. The van der Waals surface area contributed by atoms with Crippen LogP contribution in [-0.4, -0.2) is 40.8 Å². The minimum absolute atomic E-state index is 0.248. The monoisotopic (exact) mass is 329 g/mol. The van der Waals surface area contributed by atoms with E-state index in [1.54, 1.807) is 30.5 Å². The number of nitrogens with zero attached hydrogens (tertiary/aromatic N) is 1. The van der Waals surface area contributed by atoms with Gasteiger partial charge in [0.15, 0.2) is 0 Å². The maximum Gasteiger partial charge on any atom is 0.251 e. The second-order valence-electron chi connectivity index (χ2n) is 5.18. The van der Waals surface area contributed by atoms with Crippen LogP contribution in [0.4, 0.5) is 5.69 Å². The van der Waals surface area contributed by atoms with Gasteiger partial charge in [0.2, 0.25) is 11.8 Å². The number of carbonyl (C=O) groups excluding carboxylic acids is 3. The van der Waals surface area contributed by atoms with E-state index in [9.17, 15) is 14.4 Å². The zero-order chi connectivity index (χ0) is 17.5. The highest BCUT2D eigenvalue weighted by Crippen LogP contribution is 2.12. The Labute approximate surface area is 139 Å². The number of amides is 3. The smallest absolute Gasteiger partial charge is 0.251 e. The van der Waals surface area contributed by atoms with Crippen molar-refractivity contribution >= 4 is 23.4 Å². The molecule has 0 spiro atoms. The molecule has 2 aromatic rings. The molecule has 0 aliphatic rings. The van der Waals surface area contributed by atoms with Crippen molar-refractivity contribution in [1.82, 2.24) is 20.6 Å². The lowest BCUT2D eigenvalue weighted by atomic mass is 10.1. The Morgan fingerprint density at radius 2 is 2.08 bits per heavy atom. The molecule has 1 heterocycles. The average Bonchev–Trinajstić information content (AvgIpc) is 3.06. The van der Waals surface area contributed by atoms with Crippen molar-refractivity contribution in [2.75, 3.05) is 12.4 Å². The summed E-state index contributed by atoms with van der Waals surface area (Å²) in [5.74, 6) is -0.940. The van der Waals surface area contributed by atoms with Gasteiger partial charge in [0.05, 0.1) is 6.33 Å². The summed E-state index contributed by atoms with van der Waals surface area (Å²) in [6, 6.07) is 5.79. The van der Waals surface area contributed by atoms with Crippen molar-refractivity contribution in [2.24, 2.45) is 0 Å². The zero-order valence-electron chi connectivity index (χ0n) is 13.4. The number of rotatable bonds is 6. The van der Waals surface area contributed by atoms with Gasteiger partial charge in [-0.3, -0.25) is 14.4 Å². The Bertz CT molecular complexity index is 727. The summed E-state index contributed by atoms with van der Waals surface area (Å²) in [7, 11) is 1.53. The molecule has 4 N–H and O–H groups in total. The van der Waals surface area contributed by atoms with E-state index >= 15 is 0 Å². The van der Waals surface area contributed by atoms with Gasteiger partial charge in [-0.2, -0.15) is 0 Å². The van der Waals surface area contributed by atoms with Gasteiger partial charge in [-0.1, -0.05) is 6.07 Å². The predicted molar refractivity (Wildman–Crippen MR) is 88.4 cm³/mol. The van der Waals surface area contributed by atoms with E-state index in [4.69, 9.17) is 0 Å². The normalized spacial score (nSPS) is 11.4. The molecule has 3 amide bonds. The molecule has 8 nitrogen and oxygen atoms in total. The minimum Gasteiger partial charge on any atom is -0.355 e. The van der Waals surface area contributed by atoms with E-state index in [0.717, 1.165) is 5.69 Å². The second-order valence-corrected chi connectivity index (χ2v) is 5.18. The van der Waals surface area contributed by atoms with E-state index in [-0.39, 0.29) is 24.1 Å². The van der Waals surface area contributed by atoms with Crippen molar-refractivity contribution in [3.8, 4) is 0 Å². The number of hydrogen-bond acceptors (Lipinski definition) is 4. The first-order valence-corrected chi connectivity index (χ1v) is 7.37. The summed E-state index contributed by atoms with van der Waals surface area (Å²) in [6.07, 6.45) is 3.37. The Morgan fingerprint density at radius 3 is 2.71 bits per heavy atom. The van der Waals surface area contributed by atoms with Crippen LogP contribution in [0.3, 0.4) is 0 Å². The first kappa shape index (κ1) is 17.2. The molecule has 126 valence electrons. The van der Waals surface area contributed by atoms with Gasteiger partial charge in [0, 0.05) is 43.5 Å². The van der Waals surface area contributed by atoms with Gasteiger partial charge in [-0.25, -0.2) is 4.98 Å². The second kappa shape index (κ2) is 7.91. The van der Waals surface area contributed by atoms with Crippen LogP contribution in [0.1, 0.15) is 23.0 Å². The first-order valence-electron chi connectivity index (χ1n) is 7.37. The zero-order valence-corrected chi connectivity index (χ0v) is 13.4. The Balaban J connectivity index is 2.11. The SMILES string of the molecule is CNC(=O)c1cccc(NC(=O)[C@H](Cc2cnc[nH]2)NC(C)=O)c1. The molecule has 8 heteroatoms. The molecule has 24 heavy (non-hydrogen) atoms. The van der Waals surface area contributed by atoms with Crippen LogP contribution in [0.2, 0.25) is 0 Å². The third kappa shape index (κ3) is 4.67. The highest BCUT2D eigenvalue weighted by molar-refractivity contribution is 5.99. The lowest BCUT2D eigenvalue weighted by Gasteiger charge is -2.17. The summed E-state index contributed by atoms with van der Waals surface area (Å²) in [5.41, 5.74) is 1.63. The number of benzene rings is 1. The molecule has 1 aromatic carbocycles. The number of anilines is 1. The summed E-state index contributed by atoms with van der Waals surface area (Å²) in [4.78, 5) is 42.3. The molecule has 0 saturated heterocycles. The number of aromatic nitrogens is 2. The maximum absolute atomic E-state index is 12.5. The van der Waals surface area contributed by atoms with Crippen LogP contribution in [0.5, 0.6) is 0 Å². The van der Waals surface area contributed by atoms with Crippen molar-refractivity contribution in [2.45, 2.75) is 19.4 Å². The van der Waals surface area contributed by atoms with Crippen LogP contribution in [0.25, 0.3) is 0 Å². The van der Waals surface area contributed by atoms with Crippen LogP contribution >= 0.6 is 0 Å². The standard InChI is InChI=1S/C16H19N5O3/c1-10(22)20-14(7-13-8-18-9-19-13)16(24)21-12-5-3-4-11(6-12)15(23)17-2/h3-6,8-9,14H,7H2,1-2H3,(H,17,23)(H,18,19)(H,20,22)(H,21,24)/t14-/m0/s1. The van der Waals surface area contributed by atoms with E-state index in [0.29, 0.717) is 11.3 Å². The molecule has 0 bridgehead atoms. The minimum atomic E-state index is -0.758. The van der Waals surface area contributed by atoms with Crippen molar-refractivity contribution in [3.63, 3.8) is 0 Å². The van der Waals surface area contributed by atoms with Crippen LogP contribution in [0.15, 0.2) is 36.8 Å². The highest BCUT2D eigenvalue weighted by atomic mass is 16.2. The molecule has 2 rings (SSSR count). The average molecular weight is 329 g/mol. The number of imidazole rings is 1. The molecule has 1 atom stereocenters.